The summed E-state index contributed by atoms with van der Waals surface area (Å²) in [5.41, 5.74) is 3.59. The van der Waals surface area contributed by atoms with E-state index < -0.39 is 0 Å². The van der Waals surface area contributed by atoms with Gasteiger partial charge in [-0.1, -0.05) is 6.07 Å². The zero-order valence-corrected chi connectivity index (χ0v) is 9.73. The first kappa shape index (κ1) is 10.2. The Balaban J connectivity index is 1.79. The minimum absolute atomic E-state index is 0.263. The molecule has 3 rings (SSSR count). The molecule has 4 nitrogen and oxygen atoms in total. The molecule has 0 aliphatic carbocycles. The van der Waals surface area contributed by atoms with E-state index in [1.807, 2.05) is 6.20 Å². The fourth-order valence-corrected chi connectivity index (χ4v) is 2.14. The molecular formula is C13H15N3O. The molecule has 4 heteroatoms. The zero-order valence-electron chi connectivity index (χ0n) is 9.73. The molecule has 2 N–H and O–H groups in total. The highest BCUT2D eigenvalue weighted by Crippen LogP contribution is 2.29. The fraction of sp³-hybridized carbons (Fsp3) is 0.308. The Hall–Kier alpha value is -1.97. The van der Waals surface area contributed by atoms with Crippen LogP contribution in [0.5, 0.6) is 5.75 Å². The number of rotatable bonds is 3. The molecule has 1 aliphatic heterocycles. The summed E-state index contributed by atoms with van der Waals surface area (Å²) in [5, 5.41) is 10.1. The Labute approximate surface area is 100 Å². The Morgan fingerprint density at radius 2 is 2.41 bits per heavy atom. The Morgan fingerprint density at radius 1 is 1.47 bits per heavy atom. The molecule has 2 aromatic rings. The summed E-state index contributed by atoms with van der Waals surface area (Å²) in [4.78, 5) is 0. The SMILES string of the molecule is CC(Nc1cn[nH]c1)c1ccc2c(c1)CCO2. The van der Waals surface area contributed by atoms with Gasteiger partial charge in [0.2, 0.25) is 0 Å². The van der Waals surface area contributed by atoms with Crippen molar-refractivity contribution < 1.29 is 4.74 Å². The number of anilines is 1. The quantitative estimate of drug-likeness (QED) is 0.850. The van der Waals surface area contributed by atoms with Gasteiger partial charge in [-0.15, -0.1) is 0 Å². The van der Waals surface area contributed by atoms with E-state index in [-0.39, 0.29) is 6.04 Å². The largest absolute Gasteiger partial charge is 0.493 e. The monoisotopic (exact) mass is 229 g/mol. The van der Waals surface area contributed by atoms with E-state index in [1.54, 1.807) is 6.20 Å². The lowest BCUT2D eigenvalue weighted by Crippen LogP contribution is -2.06. The molecule has 1 aliphatic rings. The van der Waals surface area contributed by atoms with Crippen molar-refractivity contribution in [1.82, 2.24) is 10.2 Å². The van der Waals surface area contributed by atoms with Gasteiger partial charge in [-0.3, -0.25) is 5.10 Å². The third-order valence-corrected chi connectivity index (χ3v) is 3.09. The van der Waals surface area contributed by atoms with Crippen molar-refractivity contribution in [3.05, 3.63) is 41.7 Å². The van der Waals surface area contributed by atoms with Crippen molar-refractivity contribution in [3.63, 3.8) is 0 Å². The van der Waals surface area contributed by atoms with Crippen LogP contribution in [0.2, 0.25) is 0 Å². The number of aromatic nitrogens is 2. The predicted molar refractivity (Wildman–Crippen MR) is 66.3 cm³/mol. The normalized spacial score (nSPS) is 15.1. The third kappa shape index (κ3) is 1.98. The summed E-state index contributed by atoms with van der Waals surface area (Å²) < 4.78 is 5.50. The first-order chi connectivity index (χ1) is 8.33. The number of ether oxygens (including phenoxy) is 1. The molecule has 0 saturated carbocycles. The van der Waals surface area contributed by atoms with Crippen LogP contribution in [-0.4, -0.2) is 16.8 Å². The van der Waals surface area contributed by atoms with Crippen LogP contribution in [0.25, 0.3) is 0 Å². The van der Waals surface area contributed by atoms with Gasteiger partial charge in [0.25, 0.3) is 0 Å². The van der Waals surface area contributed by atoms with Crippen LogP contribution in [-0.2, 0) is 6.42 Å². The standard InChI is InChI=1S/C13H15N3O/c1-9(16-12-7-14-15-8-12)10-2-3-13-11(6-10)4-5-17-13/h2-3,6-9,16H,4-5H2,1H3,(H,14,15). The number of hydrogen-bond acceptors (Lipinski definition) is 3. The van der Waals surface area contributed by atoms with Crippen molar-refractivity contribution in [2.75, 3.05) is 11.9 Å². The van der Waals surface area contributed by atoms with Gasteiger partial charge in [0, 0.05) is 18.7 Å². The second-order valence-corrected chi connectivity index (χ2v) is 4.32. The topological polar surface area (TPSA) is 49.9 Å². The molecule has 0 amide bonds. The summed E-state index contributed by atoms with van der Waals surface area (Å²) in [6.45, 7) is 2.95. The number of nitrogens with one attached hydrogen (secondary N) is 2. The lowest BCUT2D eigenvalue weighted by Gasteiger charge is -2.14. The Morgan fingerprint density at radius 3 is 3.24 bits per heavy atom. The molecule has 0 saturated heterocycles. The highest BCUT2D eigenvalue weighted by molar-refractivity contribution is 5.45. The van der Waals surface area contributed by atoms with E-state index in [4.69, 9.17) is 4.74 Å². The van der Waals surface area contributed by atoms with E-state index in [9.17, 15) is 0 Å². The maximum atomic E-state index is 5.50. The summed E-state index contributed by atoms with van der Waals surface area (Å²) in [7, 11) is 0. The van der Waals surface area contributed by atoms with Gasteiger partial charge in [0.1, 0.15) is 5.75 Å². The van der Waals surface area contributed by atoms with Crippen LogP contribution in [0, 0.1) is 0 Å². The molecule has 88 valence electrons. The van der Waals surface area contributed by atoms with Crippen molar-refractivity contribution >= 4 is 5.69 Å². The molecular weight excluding hydrogens is 214 g/mol. The third-order valence-electron chi connectivity index (χ3n) is 3.09. The average molecular weight is 229 g/mol. The van der Waals surface area contributed by atoms with E-state index in [1.165, 1.54) is 11.1 Å². The Kier molecular flexibility index (Phi) is 2.48. The number of nitrogens with zero attached hydrogens (tertiary/aromatic N) is 1. The smallest absolute Gasteiger partial charge is 0.122 e. The van der Waals surface area contributed by atoms with Gasteiger partial charge in [0.05, 0.1) is 18.5 Å². The second-order valence-electron chi connectivity index (χ2n) is 4.32. The summed E-state index contributed by atoms with van der Waals surface area (Å²) in [5.74, 6) is 1.03. The summed E-state index contributed by atoms with van der Waals surface area (Å²) >= 11 is 0. The number of hydrogen-bond donors (Lipinski definition) is 2. The molecule has 0 radical (unpaired) electrons. The number of fused-ring (bicyclic) bond motifs is 1. The Bertz CT molecular complexity index is 507. The summed E-state index contributed by atoms with van der Waals surface area (Å²) in [6, 6.07) is 6.66. The molecule has 1 unspecified atom stereocenters. The van der Waals surface area contributed by atoms with Crippen LogP contribution < -0.4 is 10.1 Å². The van der Waals surface area contributed by atoms with Crippen molar-refractivity contribution in [2.24, 2.45) is 0 Å². The predicted octanol–water partition coefficient (Wildman–Crippen LogP) is 2.52. The summed E-state index contributed by atoms with van der Waals surface area (Å²) in [6.07, 6.45) is 4.65. The zero-order chi connectivity index (χ0) is 11.7. The van der Waals surface area contributed by atoms with Gasteiger partial charge in [-0.05, 0) is 30.2 Å². The lowest BCUT2D eigenvalue weighted by atomic mass is 10.0. The first-order valence-electron chi connectivity index (χ1n) is 5.84. The van der Waals surface area contributed by atoms with Gasteiger partial charge < -0.3 is 10.1 Å². The van der Waals surface area contributed by atoms with E-state index >= 15 is 0 Å². The van der Waals surface area contributed by atoms with Gasteiger partial charge in [-0.2, -0.15) is 5.10 Å². The average Bonchev–Trinajstić information content (AvgIpc) is 2.97. The maximum absolute atomic E-state index is 5.50. The van der Waals surface area contributed by atoms with Crippen molar-refractivity contribution in [1.29, 1.82) is 0 Å². The van der Waals surface area contributed by atoms with Crippen LogP contribution in [0.15, 0.2) is 30.6 Å². The van der Waals surface area contributed by atoms with E-state index in [0.717, 1.165) is 24.5 Å². The second kappa shape index (κ2) is 4.13. The number of H-pyrrole nitrogens is 1. The molecule has 0 bridgehead atoms. The van der Waals surface area contributed by atoms with Gasteiger partial charge in [0.15, 0.2) is 0 Å². The van der Waals surface area contributed by atoms with Crippen molar-refractivity contribution in [3.8, 4) is 5.75 Å². The number of aromatic amines is 1. The molecule has 17 heavy (non-hydrogen) atoms. The molecule has 0 spiro atoms. The molecule has 1 aromatic heterocycles. The molecule has 2 heterocycles. The molecule has 1 atom stereocenters. The minimum Gasteiger partial charge on any atom is -0.493 e. The lowest BCUT2D eigenvalue weighted by molar-refractivity contribution is 0.357. The molecule has 1 aromatic carbocycles. The maximum Gasteiger partial charge on any atom is 0.122 e. The van der Waals surface area contributed by atoms with Crippen LogP contribution in [0.4, 0.5) is 5.69 Å². The van der Waals surface area contributed by atoms with Crippen molar-refractivity contribution in [2.45, 2.75) is 19.4 Å². The van der Waals surface area contributed by atoms with Crippen LogP contribution >= 0.6 is 0 Å². The first-order valence-corrected chi connectivity index (χ1v) is 5.84. The number of benzene rings is 1. The van der Waals surface area contributed by atoms with Crippen LogP contribution in [0.1, 0.15) is 24.1 Å². The fourth-order valence-electron chi connectivity index (χ4n) is 2.14. The highest BCUT2D eigenvalue weighted by Gasteiger charge is 2.14. The van der Waals surface area contributed by atoms with Gasteiger partial charge >= 0.3 is 0 Å². The highest BCUT2D eigenvalue weighted by atomic mass is 16.5. The van der Waals surface area contributed by atoms with Crippen LogP contribution in [0.3, 0.4) is 0 Å². The van der Waals surface area contributed by atoms with Gasteiger partial charge in [-0.25, -0.2) is 0 Å². The molecule has 0 fully saturated rings. The van der Waals surface area contributed by atoms with E-state index in [0.29, 0.717) is 0 Å². The minimum atomic E-state index is 0.263. The van der Waals surface area contributed by atoms with E-state index in [2.05, 4.69) is 40.6 Å².